The molecule has 0 aromatic heterocycles. The molecule has 0 aromatic carbocycles. The summed E-state index contributed by atoms with van der Waals surface area (Å²) in [6.45, 7) is 8.34. The molecule has 13 N–H and O–H groups in total. The minimum atomic E-state index is -1.06. The summed E-state index contributed by atoms with van der Waals surface area (Å²) in [6, 6.07) is -2.74. The zero-order valence-electron chi connectivity index (χ0n) is 38.0. The van der Waals surface area contributed by atoms with Gasteiger partial charge in [-0.25, -0.2) is 14.4 Å². The molecule has 0 heterocycles. The van der Waals surface area contributed by atoms with Crippen LogP contribution in [0.15, 0.2) is 0 Å². The van der Waals surface area contributed by atoms with Crippen molar-refractivity contribution in [1.29, 1.82) is 0 Å². The van der Waals surface area contributed by atoms with Crippen molar-refractivity contribution in [2.45, 2.75) is 157 Å². The number of rotatable bonds is 25. The first kappa shape index (κ1) is 61.5. The molecule has 3 aliphatic rings. The smallest absolute Gasteiger partial charge is 0.320 e. The molecular weight excluding hydrogens is 851 g/mol. The number of carbonyl (C=O) groups is 12. The molecule has 65 heavy (non-hydrogen) atoms. The molecule has 0 bridgehead atoms. The van der Waals surface area contributed by atoms with Crippen molar-refractivity contribution in [3.05, 3.63) is 0 Å². The number of aliphatic carboxylic acids is 2. The number of hydrogen-bond donors (Lipinski definition) is 9. The highest BCUT2D eigenvalue weighted by molar-refractivity contribution is 6.08. The number of hydrogen-bond acceptors (Lipinski definition) is 13. The lowest BCUT2D eigenvalue weighted by molar-refractivity contribution is -0.151. The van der Waals surface area contributed by atoms with E-state index >= 15 is 0 Å². The van der Waals surface area contributed by atoms with Gasteiger partial charge < -0.3 is 49.1 Å². The molecule has 3 aliphatic carbocycles. The van der Waals surface area contributed by atoms with Crippen LogP contribution in [0.4, 0.5) is 14.4 Å². The van der Waals surface area contributed by atoms with Gasteiger partial charge in [0.1, 0.15) is 46.5 Å². The maximum Gasteiger partial charge on any atom is 0.320 e. The lowest BCUT2D eigenvalue weighted by Crippen LogP contribution is -2.45. The minimum absolute atomic E-state index is 0. The van der Waals surface area contributed by atoms with E-state index in [1.807, 2.05) is 0 Å². The molecule has 21 nitrogen and oxygen atoms in total. The van der Waals surface area contributed by atoms with Crippen molar-refractivity contribution in [3.63, 3.8) is 0 Å². The number of amides is 6. The van der Waals surface area contributed by atoms with Gasteiger partial charge in [0.2, 0.25) is 0 Å². The zero-order valence-corrected chi connectivity index (χ0v) is 38.0. The van der Waals surface area contributed by atoms with Crippen molar-refractivity contribution in [1.82, 2.24) is 16.0 Å². The Morgan fingerprint density at radius 1 is 0.477 bits per heavy atom. The molecule has 0 radical (unpaired) electrons. The van der Waals surface area contributed by atoms with Crippen molar-refractivity contribution >= 4 is 70.5 Å². The zero-order chi connectivity index (χ0) is 49.4. The van der Waals surface area contributed by atoms with Crippen molar-refractivity contribution < 1.29 is 67.7 Å². The van der Waals surface area contributed by atoms with Crippen LogP contribution in [0.1, 0.15) is 151 Å². The highest BCUT2D eigenvalue weighted by Crippen LogP contribution is 2.45. The lowest BCUT2D eigenvalue weighted by Gasteiger charge is -2.38. The van der Waals surface area contributed by atoms with E-state index in [2.05, 4.69) is 16.0 Å². The molecule has 0 aliphatic heterocycles. The fourth-order valence-corrected chi connectivity index (χ4v) is 7.57. The topological polar surface area (TPSA) is 385 Å². The molecule has 3 atom stereocenters. The van der Waals surface area contributed by atoms with Gasteiger partial charge in [0.15, 0.2) is 0 Å². The Labute approximate surface area is 381 Å². The summed E-state index contributed by atoms with van der Waals surface area (Å²) in [5.41, 5.74) is 17.5. The van der Waals surface area contributed by atoms with E-state index in [-0.39, 0.29) is 79.6 Å². The van der Waals surface area contributed by atoms with Crippen molar-refractivity contribution in [2.24, 2.45) is 51.0 Å². The van der Waals surface area contributed by atoms with E-state index in [4.69, 9.17) is 28.0 Å². The molecular formula is C44H75N7O14. The van der Waals surface area contributed by atoms with Gasteiger partial charge in [-0.05, 0) is 112 Å². The third-order valence-corrected chi connectivity index (χ3v) is 12.5. The Bertz CT molecular complexity index is 1610. The molecule has 3 rings (SSSR count). The van der Waals surface area contributed by atoms with Gasteiger partial charge in [-0.3, -0.25) is 43.2 Å². The molecule has 0 saturated heterocycles. The van der Waals surface area contributed by atoms with Crippen LogP contribution in [-0.4, -0.2) is 106 Å². The molecule has 0 aromatic rings. The Hall–Kier alpha value is -5.60. The predicted octanol–water partition coefficient (Wildman–Crippen LogP) is 3.03. The maximum absolute atomic E-state index is 12.4. The van der Waals surface area contributed by atoms with Crippen LogP contribution in [0.2, 0.25) is 0 Å². The number of Topliss-reactive ketones (excluding diaryl/α,β-unsaturated/α-hetero) is 7. The molecule has 0 unspecified atom stereocenters. The number of nitrogens with one attached hydrogen (secondary N) is 3. The molecule has 21 heteroatoms. The van der Waals surface area contributed by atoms with E-state index in [1.54, 1.807) is 0 Å². The largest absolute Gasteiger partial charge is 0.481 e. The van der Waals surface area contributed by atoms with Gasteiger partial charge in [-0.2, -0.15) is 0 Å². The molecule has 0 spiro atoms. The third kappa shape index (κ3) is 20.4. The third-order valence-electron chi connectivity index (χ3n) is 12.5. The average molecular weight is 926 g/mol. The van der Waals surface area contributed by atoms with Crippen LogP contribution in [0, 0.1) is 28.1 Å². The normalized spacial score (nSPS) is 16.8. The van der Waals surface area contributed by atoms with E-state index in [0.29, 0.717) is 70.9 Å². The Balaban J connectivity index is 0. The Morgan fingerprint density at radius 2 is 0.769 bits per heavy atom. The van der Waals surface area contributed by atoms with E-state index in [9.17, 15) is 62.6 Å². The average Bonchev–Trinajstić information content (AvgIpc) is 3.10. The molecule has 370 valence electrons. The highest BCUT2D eigenvalue weighted by Gasteiger charge is 2.49. The lowest BCUT2D eigenvalue weighted by atomic mass is 9.62. The fourth-order valence-electron chi connectivity index (χ4n) is 7.57. The van der Waals surface area contributed by atoms with E-state index in [1.165, 1.54) is 34.6 Å². The summed E-state index contributed by atoms with van der Waals surface area (Å²) in [7, 11) is 0. The second-order valence-corrected chi connectivity index (χ2v) is 16.9. The quantitative estimate of drug-likeness (QED) is 0.0469. The van der Waals surface area contributed by atoms with Crippen LogP contribution in [-0.2, 0) is 43.2 Å². The van der Waals surface area contributed by atoms with Crippen LogP contribution in [0.25, 0.3) is 0 Å². The van der Waals surface area contributed by atoms with Crippen molar-refractivity contribution in [3.8, 4) is 0 Å². The number of nitrogens with two attached hydrogens (primary N) is 4. The van der Waals surface area contributed by atoms with Crippen molar-refractivity contribution in [2.75, 3.05) is 19.6 Å². The standard InChI is InChI=1S/C15H24N2O4.C14H22N2O5.C8H12O2.C6H13N3O3.CH4/c1-10(18)12(5-3-8-17-14(16)21)9-13(20)15(11(2)19)6-4-7-15;1-9(17)14(5-3-6-14)11(18)8-10(12(19)20)4-2-7-16-13(15)21;1-6(9)8(7(2)10)4-3-5-8;7-4(5(10)11)2-1-3-9-6(8)12;/h12H,3-9H2,1-2H3,(H3,16,17,21);10H,2-8H2,1H3,(H,19,20)(H3,15,16,21);3-5H2,1-2H3;4H,1-3,7H2,(H,10,11)(H3,8,9,12);1H4/t12-;10-;;4-;/m11.0./s1. The van der Waals surface area contributed by atoms with Gasteiger partial charge in [0, 0.05) is 38.4 Å². The number of ketones is 7. The summed E-state index contributed by atoms with van der Waals surface area (Å²) < 4.78 is 0. The first-order valence-corrected chi connectivity index (χ1v) is 21.6. The summed E-state index contributed by atoms with van der Waals surface area (Å²) in [5.74, 6) is -3.89. The number of urea groups is 3. The number of carboxylic acid groups (broad SMARTS) is 2. The number of primary amides is 3. The van der Waals surface area contributed by atoms with Gasteiger partial charge in [-0.1, -0.05) is 26.7 Å². The second kappa shape index (κ2) is 29.8. The summed E-state index contributed by atoms with van der Waals surface area (Å²) in [6.07, 6.45) is 9.14. The van der Waals surface area contributed by atoms with Crippen LogP contribution >= 0.6 is 0 Å². The van der Waals surface area contributed by atoms with Gasteiger partial charge in [-0.15, -0.1) is 0 Å². The predicted molar refractivity (Wildman–Crippen MR) is 239 cm³/mol. The number of carboxylic acids is 2. The SMILES string of the molecule is C.CC(=O)C1(C(=O)C[C@@H](CCCNC(N)=O)C(=O)O)CCC1.CC(=O)C1(C(C)=O)CCC1.CC(=O)[C@H](CCCNC(N)=O)CC(=O)C1(C(C)=O)CCC1.NC(=O)NCCC[C@H](N)C(=O)O. The molecule has 6 amide bonds. The number of carbonyl (C=O) groups excluding carboxylic acids is 10. The first-order valence-electron chi connectivity index (χ1n) is 21.6. The Kier molecular flexibility index (Phi) is 28.2. The Morgan fingerprint density at radius 3 is 0.985 bits per heavy atom. The second-order valence-electron chi connectivity index (χ2n) is 16.9. The summed E-state index contributed by atoms with van der Waals surface area (Å²) in [4.78, 5) is 134. The van der Waals surface area contributed by atoms with Gasteiger partial charge in [0.05, 0.1) is 22.2 Å². The fraction of sp³-hybridized carbons (Fsp3) is 0.727. The highest BCUT2D eigenvalue weighted by atomic mass is 16.4. The van der Waals surface area contributed by atoms with Gasteiger partial charge >= 0.3 is 30.0 Å². The summed E-state index contributed by atoms with van der Waals surface area (Å²) >= 11 is 0. The van der Waals surface area contributed by atoms with Crippen LogP contribution < -0.4 is 38.9 Å². The summed E-state index contributed by atoms with van der Waals surface area (Å²) in [5, 5.41) is 24.7. The monoisotopic (exact) mass is 926 g/mol. The maximum atomic E-state index is 12.4. The van der Waals surface area contributed by atoms with Crippen LogP contribution in [0.3, 0.4) is 0 Å². The van der Waals surface area contributed by atoms with E-state index in [0.717, 1.165) is 32.1 Å². The van der Waals surface area contributed by atoms with E-state index < -0.39 is 58.2 Å². The minimum Gasteiger partial charge on any atom is -0.481 e. The van der Waals surface area contributed by atoms with Gasteiger partial charge in [0.25, 0.3) is 0 Å². The van der Waals surface area contributed by atoms with Crippen LogP contribution in [0.5, 0.6) is 0 Å². The molecule has 3 fully saturated rings. The first-order chi connectivity index (χ1) is 29.7. The molecule has 3 saturated carbocycles.